The van der Waals surface area contributed by atoms with Crippen molar-refractivity contribution in [2.45, 2.75) is 38.8 Å². The summed E-state index contributed by atoms with van der Waals surface area (Å²) in [6.07, 6.45) is 8.85. The van der Waals surface area contributed by atoms with Gasteiger partial charge in [0, 0.05) is 38.6 Å². The molecule has 0 aromatic carbocycles. The van der Waals surface area contributed by atoms with E-state index in [0.717, 1.165) is 43.7 Å². The molecule has 1 amide bonds. The van der Waals surface area contributed by atoms with E-state index in [0.29, 0.717) is 5.56 Å². The first-order valence-electron chi connectivity index (χ1n) is 8.48. The lowest BCUT2D eigenvalue weighted by Gasteiger charge is -2.36. The van der Waals surface area contributed by atoms with Crippen LogP contribution >= 0.6 is 0 Å². The number of nitrogens with zero attached hydrogens (tertiary/aromatic N) is 5. The van der Waals surface area contributed by atoms with Crippen LogP contribution in [0.2, 0.25) is 0 Å². The average Bonchev–Trinajstić information content (AvgIpc) is 3.00. The van der Waals surface area contributed by atoms with Gasteiger partial charge in [-0.05, 0) is 43.9 Å². The van der Waals surface area contributed by atoms with E-state index in [1.165, 1.54) is 0 Å². The highest BCUT2D eigenvalue weighted by atomic mass is 16.2. The molecule has 0 spiro atoms. The van der Waals surface area contributed by atoms with E-state index in [4.69, 9.17) is 0 Å². The maximum absolute atomic E-state index is 13.0. The van der Waals surface area contributed by atoms with Gasteiger partial charge in [0.25, 0.3) is 5.91 Å². The van der Waals surface area contributed by atoms with Crippen molar-refractivity contribution in [1.29, 1.82) is 0 Å². The largest absolute Gasteiger partial charge is 0.363 e. The normalized spacial score (nSPS) is 17.8. The van der Waals surface area contributed by atoms with Gasteiger partial charge in [-0.1, -0.05) is 0 Å². The molecule has 2 aromatic heterocycles. The summed E-state index contributed by atoms with van der Waals surface area (Å²) in [5.41, 5.74) is 1.85. The highest BCUT2D eigenvalue weighted by Gasteiger charge is 2.28. The third-order valence-electron chi connectivity index (χ3n) is 4.50. The molecular formula is C18H25N5O. The monoisotopic (exact) mass is 327 g/mol. The second-order valence-electron chi connectivity index (χ2n) is 6.69. The topological polar surface area (TPSA) is 54.3 Å². The van der Waals surface area contributed by atoms with E-state index < -0.39 is 0 Å². The molecule has 0 radical (unpaired) electrons. The van der Waals surface area contributed by atoms with Crippen molar-refractivity contribution in [3.63, 3.8) is 0 Å². The van der Waals surface area contributed by atoms with E-state index >= 15 is 0 Å². The van der Waals surface area contributed by atoms with E-state index in [2.05, 4.69) is 10.1 Å². The van der Waals surface area contributed by atoms with Crippen molar-refractivity contribution >= 4 is 11.7 Å². The first-order chi connectivity index (χ1) is 11.5. The molecule has 1 fully saturated rings. The minimum Gasteiger partial charge on any atom is -0.363 e. The fourth-order valence-electron chi connectivity index (χ4n) is 3.20. The zero-order chi connectivity index (χ0) is 17.1. The average molecular weight is 327 g/mol. The molecule has 128 valence electrons. The van der Waals surface area contributed by atoms with Crippen molar-refractivity contribution in [3.8, 4) is 0 Å². The molecule has 1 aliphatic heterocycles. The summed E-state index contributed by atoms with van der Waals surface area (Å²) < 4.78 is 1.95. The second-order valence-corrected chi connectivity index (χ2v) is 6.69. The predicted molar refractivity (Wildman–Crippen MR) is 94.2 cm³/mol. The van der Waals surface area contributed by atoms with E-state index in [-0.39, 0.29) is 11.9 Å². The smallest absolute Gasteiger partial charge is 0.254 e. The van der Waals surface area contributed by atoms with Gasteiger partial charge in [0.1, 0.15) is 5.82 Å². The molecular weight excluding hydrogens is 302 g/mol. The van der Waals surface area contributed by atoms with Gasteiger partial charge in [-0.2, -0.15) is 5.10 Å². The van der Waals surface area contributed by atoms with Gasteiger partial charge in [-0.15, -0.1) is 0 Å². The van der Waals surface area contributed by atoms with Gasteiger partial charge >= 0.3 is 0 Å². The molecule has 2 aromatic rings. The summed E-state index contributed by atoms with van der Waals surface area (Å²) in [4.78, 5) is 21.3. The molecule has 24 heavy (non-hydrogen) atoms. The molecule has 3 heterocycles. The summed E-state index contributed by atoms with van der Waals surface area (Å²) in [6, 6.07) is 3.87. The minimum absolute atomic E-state index is 0.0917. The van der Waals surface area contributed by atoms with Crippen LogP contribution in [-0.4, -0.2) is 52.3 Å². The van der Waals surface area contributed by atoms with Gasteiger partial charge in [0.05, 0.1) is 18.8 Å². The van der Waals surface area contributed by atoms with Gasteiger partial charge in [0.15, 0.2) is 0 Å². The van der Waals surface area contributed by atoms with Gasteiger partial charge in [0.2, 0.25) is 0 Å². The van der Waals surface area contributed by atoms with E-state index in [1.807, 2.05) is 54.0 Å². The fourth-order valence-corrected chi connectivity index (χ4v) is 3.20. The third kappa shape index (κ3) is 3.58. The Labute approximate surface area is 143 Å². The molecule has 1 saturated heterocycles. The number of carbonyl (C=O) groups is 1. The van der Waals surface area contributed by atoms with Crippen molar-refractivity contribution in [2.24, 2.45) is 0 Å². The molecule has 3 rings (SSSR count). The lowest BCUT2D eigenvalue weighted by Crippen LogP contribution is -2.46. The van der Waals surface area contributed by atoms with Crippen LogP contribution in [0, 0.1) is 6.92 Å². The molecule has 1 aliphatic rings. The Balaban J connectivity index is 1.79. The van der Waals surface area contributed by atoms with E-state index in [9.17, 15) is 4.79 Å². The number of anilines is 1. The molecule has 0 saturated carbocycles. The number of aromatic nitrogens is 3. The van der Waals surface area contributed by atoms with Crippen LogP contribution in [0.25, 0.3) is 0 Å². The van der Waals surface area contributed by atoms with Gasteiger partial charge in [-0.3, -0.25) is 9.48 Å². The minimum atomic E-state index is 0.0917. The van der Waals surface area contributed by atoms with Crippen molar-refractivity contribution < 1.29 is 4.79 Å². The van der Waals surface area contributed by atoms with Crippen LogP contribution in [0.4, 0.5) is 5.82 Å². The second kappa shape index (κ2) is 7.03. The van der Waals surface area contributed by atoms with Crippen molar-refractivity contribution in [2.75, 3.05) is 25.5 Å². The molecule has 6 heteroatoms. The van der Waals surface area contributed by atoms with Crippen LogP contribution in [-0.2, 0) is 6.54 Å². The SMILES string of the molecule is Cc1cnn(C[C@@H]2CCCCN2C(=O)c2ccnc(N(C)C)c2)c1. The molecule has 0 N–H and O–H groups in total. The Kier molecular flexibility index (Phi) is 4.83. The summed E-state index contributed by atoms with van der Waals surface area (Å²) in [7, 11) is 3.86. The number of carbonyl (C=O) groups excluding carboxylic acids is 1. The Morgan fingerprint density at radius 2 is 2.21 bits per heavy atom. The number of piperidine rings is 1. The number of rotatable bonds is 4. The summed E-state index contributed by atoms with van der Waals surface area (Å²) in [5.74, 6) is 0.895. The quantitative estimate of drug-likeness (QED) is 0.865. The Morgan fingerprint density at radius 3 is 2.92 bits per heavy atom. The lowest BCUT2D eigenvalue weighted by molar-refractivity contribution is 0.0584. The van der Waals surface area contributed by atoms with Gasteiger partial charge < -0.3 is 9.80 Å². The number of pyridine rings is 1. The Hall–Kier alpha value is -2.37. The zero-order valence-corrected chi connectivity index (χ0v) is 14.6. The number of amides is 1. The lowest BCUT2D eigenvalue weighted by atomic mass is 10.0. The number of hydrogen-bond donors (Lipinski definition) is 0. The van der Waals surface area contributed by atoms with Crippen LogP contribution in [0.15, 0.2) is 30.7 Å². The van der Waals surface area contributed by atoms with E-state index in [1.54, 1.807) is 12.3 Å². The molecule has 0 aliphatic carbocycles. The molecule has 0 unspecified atom stereocenters. The molecule has 0 bridgehead atoms. The number of aryl methyl sites for hydroxylation is 1. The zero-order valence-electron chi connectivity index (χ0n) is 14.6. The highest BCUT2D eigenvalue weighted by Crippen LogP contribution is 2.22. The Morgan fingerprint density at radius 1 is 1.38 bits per heavy atom. The number of hydrogen-bond acceptors (Lipinski definition) is 4. The van der Waals surface area contributed by atoms with Crippen LogP contribution < -0.4 is 4.90 Å². The molecule has 1 atom stereocenters. The summed E-state index contributed by atoms with van der Waals surface area (Å²) in [5, 5.41) is 4.38. The predicted octanol–water partition coefficient (Wildman–Crippen LogP) is 2.35. The summed E-state index contributed by atoms with van der Waals surface area (Å²) in [6.45, 7) is 3.60. The van der Waals surface area contributed by atoms with Crippen molar-refractivity contribution in [3.05, 3.63) is 41.9 Å². The molecule has 6 nitrogen and oxygen atoms in total. The van der Waals surface area contributed by atoms with Crippen LogP contribution in [0.3, 0.4) is 0 Å². The first kappa shape index (κ1) is 16.5. The third-order valence-corrected chi connectivity index (χ3v) is 4.50. The Bertz CT molecular complexity index is 709. The maximum Gasteiger partial charge on any atom is 0.254 e. The van der Waals surface area contributed by atoms with Crippen LogP contribution in [0.5, 0.6) is 0 Å². The maximum atomic E-state index is 13.0. The fraction of sp³-hybridized carbons (Fsp3) is 0.500. The van der Waals surface area contributed by atoms with Crippen LogP contribution in [0.1, 0.15) is 35.2 Å². The highest BCUT2D eigenvalue weighted by molar-refractivity contribution is 5.95. The van der Waals surface area contributed by atoms with Gasteiger partial charge in [-0.25, -0.2) is 4.98 Å². The van der Waals surface area contributed by atoms with Crippen molar-refractivity contribution in [1.82, 2.24) is 19.7 Å². The standard InChI is InChI=1S/C18H25N5O/c1-14-11-20-22(12-14)13-16-6-4-5-9-23(16)18(24)15-7-8-19-17(10-15)21(2)3/h7-8,10-12,16H,4-6,9,13H2,1-3H3/t16-/m0/s1. The summed E-state index contributed by atoms with van der Waals surface area (Å²) >= 11 is 0. The first-order valence-corrected chi connectivity index (χ1v) is 8.48. The number of likely N-dealkylation sites (tertiary alicyclic amines) is 1.